The summed E-state index contributed by atoms with van der Waals surface area (Å²) >= 11 is 0. The van der Waals surface area contributed by atoms with Crippen molar-refractivity contribution in [3.63, 3.8) is 0 Å². The first-order chi connectivity index (χ1) is 13.4. The van der Waals surface area contributed by atoms with E-state index >= 15 is 0 Å². The lowest BCUT2D eigenvalue weighted by Crippen LogP contribution is -2.45. The summed E-state index contributed by atoms with van der Waals surface area (Å²) in [5.41, 5.74) is 1.75. The standard InChI is InChI=1S/C20H23F3N2O3.2ClH/c1-26-16-7-8-18(27-2)17(13-16)19(25-11-9-24-10-12-25)14-3-5-15(6-4-14)28-20(21,22)23;;/h3-8,13,19,24H,9-12H2,1-2H3;2*1H/t19-;;/m1../s1. The van der Waals surface area contributed by atoms with Gasteiger partial charge >= 0.3 is 6.36 Å². The third-order valence-corrected chi connectivity index (χ3v) is 4.68. The molecule has 0 aliphatic carbocycles. The Hall–Kier alpha value is -1.87. The number of alkyl halides is 3. The zero-order chi connectivity index (χ0) is 20.1. The summed E-state index contributed by atoms with van der Waals surface area (Å²) in [6.45, 7) is 3.26. The fraction of sp³-hybridized carbons (Fsp3) is 0.400. The van der Waals surface area contributed by atoms with Crippen molar-refractivity contribution in [1.82, 2.24) is 10.2 Å². The quantitative estimate of drug-likeness (QED) is 0.678. The van der Waals surface area contributed by atoms with E-state index in [4.69, 9.17) is 9.47 Å². The number of hydrogen-bond donors (Lipinski definition) is 1. The van der Waals surface area contributed by atoms with Crippen molar-refractivity contribution in [2.45, 2.75) is 12.4 Å². The Balaban J connectivity index is 0.00000225. The maximum Gasteiger partial charge on any atom is 0.573 e. The summed E-state index contributed by atoms with van der Waals surface area (Å²) in [7, 11) is 3.19. The highest BCUT2D eigenvalue weighted by Gasteiger charge is 2.31. The topological polar surface area (TPSA) is 43.0 Å². The lowest BCUT2D eigenvalue weighted by molar-refractivity contribution is -0.274. The molecule has 0 saturated carbocycles. The predicted octanol–water partition coefficient (Wildman–Crippen LogP) is 4.44. The van der Waals surface area contributed by atoms with Crippen LogP contribution >= 0.6 is 24.8 Å². The number of nitrogens with zero attached hydrogens (tertiary/aromatic N) is 1. The molecule has 0 amide bonds. The number of rotatable bonds is 6. The molecule has 0 aromatic heterocycles. The molecular formula is C20H25Cl2F3N2O3. The van der Waals surface area contributed by atoms with Gasteiger partial charge in [0.1, 0.15) is 17.2 Å². The molecule has 1 saturated heterocycles. The minimum absolute atomic E-state index is 0. The first kappa shape index (κ1) is 26.2. The largest absolute Gasteiger partial charge is 0.573 e. The van der Waals surface area contributed by atoms with Crippen molar-refractivity contribution in [3.05, 3.63) is 53.6 Å². The Kier molecular flexibility index (Phi) is 10.0. The minimum atomic E-state index is -4.71. The maximum absolute atomic E-state index is 12.5. The molecule has 1 N–H and O–H groups in total. The molecule has 1 aliphatic heterocycles. The van der Waals surface area contributed by atoms with E-state index in [1.807, 2.05) is 18.2 Å². The van der Waals surface area contributed by atoms with E-state index in [1.165, 1.54) is 12.1 Å². The molecule has 0 unspecified atom stereocenters. The number of nitrogens with one attached hydrogen (secondary N) is 1. The average Bonchev–Trinajstić information content (AvgIpc) is 2.69. The summed E-state index contributed by atoms with van der Waals surface area (Å²) < 4.78 is 52.3. The van der Waals surface area contributed by atoms with Crippen molar-refractivity contribution in [1.29, 1.82) is 0 Å². The van der Waals surface area contributed by atoms with Crippen LogP contribution in [0.1, 0.15) is 17.2 Å². The van der Waals surface area contributed by atoms with E-state index < -0.39 is 6.36 Å². The van der Waals surface area contributed by atoms with Gasteiger partial charge in [-0.2, -0.15) is 0 Å². The van der Waals surface area contributed by atoms with Crippen LogP contribution in [0.3, 0.4) is 0 Å². The van der Waals surface area contributed by atoms with Gasteiger partial charge in [-0.25, -0.2) is 0 Å². The Bertz CT molecular complexity index is 786. The van der Waals surface area contributed by atoms with Crippen LogP contribution < -0.4 is 19.5 Å². The van der Waals surface area contributed by atoms with Gasteiger partial charge in [0, 0.05) is 31.7 Å². The molecule has 3 rings (SSSR count). The van der Waals surface area contributed by atoms with Crippen molar-refractivity contribution < 1.29 is 27.4 Å². The number of piperazine rings is 1. The molecule has 0 spiro atoms. The Morgan fingerprint density at radius 3 is 2.03 bits per heavy atom. The number of methoxy groups -OCH3 is 2. The molecule has 1 heterocycles. The molecule has 0 bridgehead atoms. The van der Waals surface area contributed by atoms with Crippen molar-refractivity contribution in [3.8, 4) is 17.2 Å². The van der Waals surface area contributed by atoms with E-state index in [2.05, 4.69) is 15.0 Å². The summed E-state index contributed by atoms with van der Waals surface area (Å²) in [6.07, 6.45) is -4.71. The van der Waals surface area contributed by atoms with Crippen LogP contribution in [0.5, 0.6) is 17.2 Å². The van der Waals surface area contributed by atoms with Gasteiger partial charge in [0.2, 0.25) is 0 Å². The zero-order valence-electron chi connectivity index (χ0n) is 16.6. The first-order valence-electron chi connectivity index (χ1n) is 8.93. The van der Waals surface area contributed by atoms with E-state index in [0.717, 1.165) is 37.3 Å². The second-order valence-corrected chi connectivity index (χ2v) is 6.41. The minimum Gasteiger partial charge on any atom is -0.497 e. The fourth-order valence-electron chi connectivity index (χ4n) is 3.43. The third kappa shape index (κ3) is 6.57. The third-order valence-electron chi connectivity index (χ3n) is 4.68. The highest BCUT2D eigenvalue weighted by molar-refractivity contribution is 5.85. The monoisotopic (exact) mass is 468 g/mol. The Labute approximate surface area is 186 Å². The van der Waals surface area contributed by atoms with Crippen LogP contribution in [-0.2, 0) is 0 Å². The molecule has 168 valence electrons. The van der Waals surface area contributed by atoms with Gasteiger partial charge in [-0.15, -0.1) is 38.0 Å². The Morgan fingerprint density at radius 2 is 1.50 bits per heavy atom. The Morgan fingerprint density at radius 1 is 0.900 bits per heavy atom. The van der Waals surface area contributed by atoms with E-state index in [1.54, 1.807) is 26.4 Å². The second kappa shape index (κ2) is 11.5. The lowest BCUT2D eigenvalue weighted by atomic mass is 9.95. The van der Waals surface area contributed by atoms with E-state index in [-0.39, 0.29) is 36.6 Å². The van der Waals surface area contributed by atoms with Crippen LogP contribution in [0.15, 0.2) is 42.5 Å². The normalized spacial score (nSPS) is 15.4. The van der Waals surface area contributed by atoms with Crippen LogP contribution in [0.25, 0.3) is 0 Å². The molecule has 0 radical (unpaired) electrons. The summed E-state index contributed by atoms with van der Waals surface area (Å²) in [6, 6.07) is 11.4. The van der Waals surface area contributed by atoms with Gasteiger partial charge in [-0.3, -0.25) is 4.90 Å². The fourth-order valence-corrected chi connectivity index (χ4v) is 3.43. The van der Waals surface area contributed by atoms with Gasteiger partial charge in [0.15, 0.2) is 0 Å². The average molecular weight is 469 g/mol. The molecule has 1 atom stereocenters. The van der Waals surface area contributed by atoms with Gasteiger partial charge in [-0.05, 0) is 35.9 Å². The van der Waals surface area contributed by atoms with Crippen LogP contribution in [0.2, 0.25) is 0 Å². The molecule has 5 nitrogen and oxygen atoms in total. The second-order valence-electron chi connectivity index (χ2n) is 6.41. The first-order valence-corrected chi connectivity index (χ1v) is 8.93. The van der Waals surface area contributed by atoms with Crippen molar-refractivity contribution in [2.75, 3.05) is 40.4 Å². The molecule has 10 heteroatoms. The highest BCUT2D eigenvalue weighted by Crippen LogP contribution is 2.38. The smallest absolute Gasteiger partial charge is 0.497 e. The molecule has 1 fully saturated rings. The van der Waals surface area contributed by atoms with Gasteiger partial charge in [0.25, 0.3) is 0 Å². The number of ether oxygens (including phenoxy) is 3. The zero-order valence-corrected chi connectivity index (χ0v) is 18.2. The molecule has 2 aromatic carbocycles. The van der Waals surface area contributed by atoms with Gasteiger partial charge in [0.05, 0.1) is 20.3 Å². The van der Waals surface area contributed by atoms with Crippen LogP contribution in [0.4, 0.5) is 13.2 Å². The molecular weight excluding hydrogens is 444 g/mol. The van der Waals surface area contributed by atoms with Crippen LogP contribution in [0, 0.1) is 0 Å². The summed E-state index contributed by atoms with van der Waals surface area (Å²) in [5.74, 6) is 1.14. The summed E-state index contributed by atoms with van der Waals surface area (Å²) in [5, 5.41) is 3.32. The van der Waals surface area contributed by atoms with Crippen molar-refractivity contribution in [2.24, 2.45) is 0 Å². The highest BCUT2D eigenvalue weighted by atomic mass is 35.5. The predicted molar refractivity (Wildman–Crippen MR) is 113 cm³/mol. The number of halogens is 5. The molecule has 30 heavy (non-hydrogen) atoms. The van der Waals surface area contributed by atoms with Gasteiger partial charge in [-0.1, -0.05) is 12.1 Å². The molecule has 2 aromatic rings. The van der Waals surface area contributed by atoms with E-state index in [9.17, 15) is 13.2 Å². The maximum atomic E-state index is 12.5. The summed E-state index contributed by atoms with van der Waals surface area (Å²) in [4.78, 5) is 2.27. The van der Waals surface area contributed by atoms with Crippen LogP contribution in [-0.4, -0.2) is 51.7 Å². The van der Waals surface area contributed by atoms with Crippen molar-refractivity contribution >= 4 is 24.8 Å². The number of benzene rings is 2. The SMILES string of the molecule is COc1ccc(OC)c([C@@H](c2ccc(OC(F)(F)F)cc2)N2CCNCC2)c1.Cl.Cl. The van der Waals surface area contributed by atoms with Gasteiger partial charge < -0.3 is 19.5 Å². The number of hydrogen-bond acceptors (Lipinski definition) is 5. The lowest BCUT2D eigenvalue weighted by Gasteiger charge is -2.36. The van der Waals surface area contributed by atoms with E-state index in [0.29, 0.717) is 11.5 Å². The molecule has 1 aliphatic rings.